The predicted octanol–water partition coefficient (Wildman–Crippen LogP) is -0.0338. The second-order valence-electron chi connectivity index (χ2n) is 3.23. The Morgan fingerprint density at radius 2 is 2.00 bits per heavy atom. The fraction of sp³-hybridized carbons (Fsp3) is 0.364. The Bertz CT molecular complexity index is 301. The Kier molecular flexibility index (Phi) is 4.80. The summed E-state index contributed by atoms with van der Waals surface area (Å²) in [4.78, 5) is 12.9. The molecule has 3 N–H and O–H groups in total. The highest BCUT2D eigenvalue weighted by Crippen LogP contribution is 2.03. The maximum atomic E-state index is 11.4. The van der Waals surface area contributed by atoms with E-state index in [1.165, 1.54) is 0 Å². The molecule has 0 aliphatic heterocycles. The summed E-state index contributed by atoms with van der Waals surface area (Å²) in [5, 5.41) is 8.82. The molecule has 4 nitrogen and oxygen atoms in total. The van der Waals surface area contributed by atoms with E-state index in [1.54, 1.807) is 4.90 Å². The van der Waals surface area contributed by atoms with Crippen LogP contribution in [0.25, 0.3) is 0 Å². The van der Waals surface area contributed by atoms with Gasteiger partial charge in [-0.15, -0.1) is 0 Å². The van der Waals surface area contributed by atoms with Crippen LogP contribution in [0.2, 0.25) is 0 Å². The van der Waals surface area contributed by atoms with Crippen molar-refractivity contribution in [2.24, 2.45) is 5.73 Å². The number of amides is 1. The molecule has 1 rings (SSSR count). The van der Waals surface area contributed by atoms with Crippen LogP contribution < -0.4 is 5.73 Å². The molecule has 0 bridgehead atoms. The van der Waals surface area contributed by atoms with E-state index in [9.17, 15) is 4.79 Å². The second-order valence-corrected chi connectivity index (χ2v) is 3.23. The minimum absolute atomic E-state index is 0.0210. The fourth-order valence-corrected chi connectivity index (χ4v) is 1.35. The van der Waals surface area contributed by atoms with E-state index in [1.807, 2.05) is 30.3 Å². The summed E-state index contributed by atoms with van der Waals surface area (Å²) < 4.78 is 0. The van der Waals surface area contributed by atoms with Gasteiger partial charge >= 0.3 is 0 Å². The molecule has 0 aromatic heterocycles. The molecule has 0 saturated heterocycles. The zero-order valence-corrected chi connectivity index (χ0v) is 8.60. The van der Waals surface area contributed by atoms with Crippen molar-refractivity contribution < 1.29 is 9.90 Å². The van der Waals surface area contributed by atoms with E-state index in [4.69, 9.17) is 10.8 Å². The van der Waals surface area contributed by atoms with Crippen LogP contribution in [0.15, 0.2) is 30.3 Å². The van der Waals surface area contributed by atoms with Gasteiger partial charge in [0.2, 0.25) is 5.91 Å². The van der Waals surface area contributed by atoms with Crippen molar-refractivity contribution in [2.75, 3.05) is 19.7 Å². The Morgan fingerprint density at radius 3 is 2.53 bits per heavy atom. The molecule has 0 unspecified atom stereocenters. The summed E-state index contributed by atoms with van der Waals surface area (Å²) in [6.07, 6.45) is 0. The first kappa shape index (κ1) is 11.7. The third-order valence-electron chi connectivity index (χ3n) is 2.11. The van der Waals surface area contributed by atoms with Gasteiger partial charge < -0.3 is 15.7 Å². The van der Waals surface area contributed by atoms with Gasteiger partial charge in [-0.1, -0.05) is 30.3 Å². The molecule has 1 aromatic rings. The van der Waals surface area contributed by atoms with E-state index < -0.39 is 0 Å². The Morgan fingerprint density at radius 1 is 1.33 bits per heavy atom. The number of nitrogens with two attached hydrogens (primary N) is 1. The molecule has 0 saturated carbocycles. The predicted molar refractivity (Wildman–Crippen MR) is 58.0 cm³/mol. The van der Waals surface area contributed by atoms with Gasteiger partial charge in [0.05, 0.1) is 13.2 Å². The van der Waals surface area contributed by atoms with Crippen LogP contribution in [0.3, 0.4) is 0 Å². The highest BCUT2D eigenvalue weighted by Gasteiger charge is 2.10. The topological polar surface area (TPSA) is 66.6 Å². The van der Waals surface area contributed by atoms with Crippen molar-refractivity contribution in [1.29, 1.82) is 0 Å². The largest absolute Gasteiger partial charge is 0.395 e. The molecule has 0 spiro atoms. The third-order valence-corrected chi connectivity index (χ3v) is 2.11. The van der Waals surface area contributed by atoms with Gasteiger partial charge in [-0.2, -0.15) is 0 Å². The maximum absolute atomic E-state index is 11.4. The average Bonchev–Trinajstić information content (AvgIpc) is 2.29. The molecule has 0 atom stereocenters. The summed E-state index contributed by atoms with van der Waals surface area (Å²) in [6, 6.07) is 9.63. The molecule has 82 valence electrons. The zero-order valence-electron chi connectivity index (χ0n) is 8.60. The monoisotopic (exact) mass is 208 g/mol. The van der Waals surface area contributed by atoms with E-state index in [2.05, 4.69) is 0 Å². The lowest BCUT2D eigenvalue weighted by Crippen LogP contribution is -2.37. The third kappa shape index (κ3) is 3.69. The van der Waals surface area contributed by atoms with Crippen molar-refractivity contribution in [1.82, 2.24) is 4.90 Å². The van der Waals surface area contributed by atoms with Crippen molar-refractivity contribution in [3.63, 3.8) is 0 Å². The molecule has 1 amide bonds. The lowest BCUT2D eigenvalue weighted by Gasteiger charge is -2.20. The van der Waals surface area contributed by atoms with Crippen LogP contribution in [-0.2, 0) is 11.3 Å². The SMILES string of the molecule is NCC(=O)N(CCO)Cc1ccccc1. The number of hydrogen-bond acceptors (Lipinski definition) is 3. The van der Waals surface area contributed by atoms with Crippen LogP contribution in [0.1, 0.15) is 5.56 Å². The summed E-state index contributed by atoms with van der Waals surface area (Å²) in [5.41, 5.74) is 6.32. The molecule has 0 fully saturated rings. The van der Waals surface area contributed by atoms with E-state index in [0.717, 1.165) is 5.56 Å². The molecule has 0 radical (unpaired) electrons. The standard InChI is InChI=1S/C11H16N2O2/c12-8-11(15)13(6-7-14)9-10-4-2-1-3-5-10/h1-5,14H,6-9,12H2. The molecule has 0 aliphatic carbocycles. The fourth-order valence-electron chi connectivity index (χ4n) is 1.35. The van der Waals surface area contributed by atoms with Crippen LogP contribution in [0, 0.1) is 0 Å². The Balaban J connectivity index is 2.62. The van der Waals surface area contributed by atoms with Gasteiger partial charge in [0, 0.05) is 13.1 Å². The van der Waals surface area contributed by atoms with Crippen LogP contribution in [-0.4, -0.2) is 35.6 Å². The molecular weight excluding hydrogens is 192 g/mol. The Labute approximate surface area is 89.3 Å². The van der Waals surface area contributed by atoms with Crippen LogP contribution >= 0.6 is 0 Å². The van der Waals surface area contributed by atoms with Crippen molar-refractivity contribution >= 4 is 5.91 Å². The summed E-state index contributed by atoms with van der Waals surface area (Å²) >= 11 is 0. The van der Waals surface area contributed by atoms with Gasteiger partial charge in [0.1, 0.15) is 0 Å². The van der Waals surface area contributed by atoms with E-state index in [0.29, 0.717) is 13.1 Å². The van der Waals surface area contributed by atoms with Gasteiger partial charge in [0.15, 0.2) is 0 Å². The Hall–Kier alpha value is -1.39. The number of aliphatic hydroxyl groups is 1. The lowest BCUT2D eigenvalue weighted by atomic mass is 10.2. The molecule has 15 heavy (non-hydrogen) atoms. The van der Waals surface area contributed by atoms with Gasteiger partial charge in [-0.25, -0.2) is 0 Å². The molecular formula is C11H16N2O2. The smallest absolute Gasteiger partial charge is 0.236 e. The van der Waals surface area contributed by atoms with Crippen LogP contribution in [0.4, 0.5) is 0 Å². The van der Waals surface area contributed by atoms with E-state index in [-0.39, 0.29) is 19.1 Å². The van der Waals surface area contributed by atoms with Gasteiger partial charge in [-0.3, -0.25) is 4.79 Å². The average molecular weight is 208 g/mol. The molecule has 1 aromatic carbocycles. The normalized spacial score (nSPS) is 10.0. The first-order valence-corrected chi connectivity index (χ1v) is 4.90. The number of benzene rings is 1. The maximum Gasteiger partial charge on any atom is 0.236 e. The lowest BCUT2D eigenvalue weighted by molar-refractivity contribution is -0.130. The molecule has 0 aliphatic rings. The van der Waals surface area contributed by atoms with Crippen LogP contribution in [0.5, 0.6) is 0 Å². The van der Waals surface area contributed by atoms with Gasteiger partial charge in [-0.05, 0) is 5.56 Å². The minimum atomic E-state index is -0.145. The van der Waals surface area contributed by atoms with Gasteiger partial charge in [0.25, 0.3) is 0 Å². The number of aliphatic hydroxyl groups excluding tert-OH is 1. The summed E-state index contributed by atoms with van der Waals surface area (Å²) in [7, 11) is 0. The molecule has 0 heterocycles. The second kappa shape index (κ2) is 6.16. The highest BCUT2D eigenvalue weighted by atomic mass is 16.3. The number of carbonyl (C=O) groups excluding carboxylic acids is 1. The summed E-state index contributed by atoms with van der Waals surface area (Å²) in [6.45, 7) is 0.758. The summed E-state index contributed by atoms with van der Waals surface area (Å²) in [5.74, 6) is -0.145. The number of rotatable bonds is 5. The zero-order chi connectivity index (χ0) is 11.1. The highest BCUT2D eigenvalue weighted by molar-refractivity contribution is 5.78. The number of nitrogens with zero attached hydrogens (tertiary/aromatic N) is 1. The number of carbonyl (C=O) groups is 1. The minimum Gasteiger partial charge on any atom is -0.395 e. The van der Waals surface area contributed by atoms with Crippen molar-refractivity contribution in [3.05, 3.63) is 35.9 Å². The first-order chi connectivity index (χ1) is 7.27. The molecule has 4 heteroatoms. The first-order valence-electron chi connectivity index (χ1n) is 4.90. The van der Waals surface area contributed by atoms with Crippen molar-refractivity contribution in [3.8, 4) is 0 Å². The quantitative estimate of drug-likeness (QED) is 0.714. The van der Waals surface area contributed by atoms with E-state index >= 15 is 0 Å². The number of hydrogen-bond donors (Lipinski definition) is 2. The van der Waals surface area contributed by atoms with Crippen molar-refractivity contribution in [2.45, 2.75) is 6.54 Å².